The summed E-state index contributed by atoms with van der Waals surface area (Å²) in [6.07, 6.45) is 6.48. The molecule has 28 heavy (non-hydrogen) atoms. The third-order valence-corrected chi connectivity index (χ3v) is 6.37. The van der Waals surface area contributed by atoms with Crippen LogP contribution in [-0.4, -0.2) is 9.13 Å². The Labute approximate surface area is 184 Å². The number of halogens is 5. The van der Waals surface area contributed by atoms with Crippen molar-refractivity contribution >= 4 is 7.74 Å². The van der Waals surface area contributed by atoms with E-state index in [-0.39, 0.29) is 43.1 Å². The van der Waals surface area contributed by atoms with Crippen LogP contribution in [-0.2, 0) is 19.2 Å². The van der Waals surface area contributed by atoms with Crippen molar-refractivity contribution < 1.29 is 60.7 Å². The molecule has 0 spiro atoms. The summed E-state index contributed by atoms with van der Waals surface area (Å²) in [7, 11) is 0. The van der Waals surface area contributed by atoms with Gasteiger partial charge in [0.15, 0.2) is 0 Å². The molecule has 0 N–H and O–H groups in total. The van der Waals surface area contributed by atoms with E-state index in [1.54, 1.807) is 49.1 Å². The second-order valence-corrected chi connectivity index (χ2v) is 7.77. The predicted molar refractivity (Wildman–Crippen MR) is 93.4 cm³/mol. The molecule has 0 radical (unpaired) electrons. The molecular formula is C20H14F4IN2Ti+3. The van der Waals surface area contributed by atoms with E-state index >= 15 is 0 Å². The van der Waals surface area contributed by atoms with Gasteiger partial charge in [0.25, 0.3) is 0 Å². The molecule has 0 unspecified atom stereocenters. The van der Waals surface area contributed by atoms with Crippen molar-refractivity contribution in [1.29, 1.82) is 0 Å². The number of benzene rings is 2. The molecule has 0 saturated carbocycles. The first-order chi connectivity index (χ1) is 13.1. The van der Waals surface area contributed by atoms with Gasteiger partial charge in [-0.2, -0.15) is 0 Å². The molecule has 2 aromatic carbocycles. The zero-order valence-electron chi connectivity index (χ0n) is 14.3. The fourth-order valence-electron chi connectivity index (χ4n) is 2.83. The molecule has 4 aromatic rings. The van der Waals surface area contributed by atoms with Gasteiger partial charge < -0.3 is 0 Å². The summed E-state index contributed by atoms with van der Waals surface area (Å²) in [6, 6.07) is 11.7. The summed E-state index contributed by atoms with van der Waals surface area (Å²) in [5, 5.41) is 0. The van der Waals surface area contributed by atoms with Gasteiger partial charge in [0.1, 0.15) is 0 Å². The monoisotopic (exact) mass is 533 g/mol. The van der Waals surface area contributed by atoms with Crippen molar-refractivity contribution in [3.05, 3.63) is 96.6 Å². The van der Waals surface area contributed by atoms with E-state index in [0.717, 1.165) is 12.1 Å². The van der Waals surface area contributed by atoms with E-state index in [0.29, 0.717) is 0 Å². The van der Waals surface area contributed by atoms with Crippen molar-refractivity contribution in [1.82, 2.24) is 9.13 Å². The Morgan fingerprint density at radius 3 is 1.29 bits per heavy atom. The largest absolute Gasteiger partial charge is 0.235 e. The summed E-state index contributed by atoms with van der Waals surface area (Å²) >= 11 is -1.94. The van der Waals surface area contributed by atoms with E-state index < -0.39 is 42.4 Å². The molecular weight excluding hydrogens is 519 g/mol. The number of aromatic nitrogens is 2. The van der Waals surface area contributed by atoms with Crippen molar-refractivity contribution in [2.75, 3.05) is 0 Å². The van der Waals surface area contributed by atoms with Gasteiger partial charge >= 0.3 is 162 Å². The van der Waals surface area contributed by atoms with Crippen LogP contribution in [0.3, 0.4) is 0 Å². The van der Waals surface area contributed by atoms with Gasteiger partial charge in [0.2, 0.25) is 24.0 Å². The maximum absolute atomic E-state index is 14.9. The molecule has 4 rings (SSSR count). The van der Waals surface area contributed by atoms with Crippen LogP contribution in [0.4, 0.5) is 17.6 Å². The second-order valence-electron chi connectivity index (χ2n) is 5.82. The van der Waals surface area contributed by atoms with Crippen molar-refractivity contribution in [2.45, 2.75) is 0 Å². The Hall–Kier alpha value is -1.84. The fourth-order valence-corrected chi connectivity index (χ4v) is 4.59. The van der Waals surface area contributed by atoms with E-state index in [9.17, 15) is 17.6 Å². The first-order valence-electron chi connectivity index (χ1n) is 8.06. The summed E-state index contributed by atoms with van der Waals surface area (Å²) in [6.45, 7) is 0. The molecule has 0 aliphatic carbocycles. The minimum atomic E-state index is -1.94. The fraction of sp³-hybridized carbons (Fsp3) is 0. The number of hydrogen-bond donors (Lipinski definition) is 0. The van der Waals surface area contributed by atoms with Crippen molar-refractivity contribution in [3.8, 4) is 11.4 Å². The van der Waals surface area contributed by atoms with Crippen LogP contribution in [0.1, 0.15) is 0 Å². The van der Waals surface area contributed by atoms with E-state index in [1.807, 2.05) is 0 Å². The Morgan fingerprint density at radius 1 is 0.571 bits per heavy atom. The van der Waals surface area contributed by atoms with Crippen LogP contribution in [0.5, 0.6) is 0 Å². The first kappa shape index (κ1) is 20.9. The van der Waals surface area contributed by atoms with E-state index in [1.165, 1.54) is 21.3 Å². The topological polar surface area (TPSA) is 9.86 Å². The Kier molecular flexibility index (Phi) is 6.47. The minimum Gasteiger partial charge on any atom is 0.235 e. The zero-order valence-corrected chi connectivity index (χ0v) is 18.4. The summed E-state index contributed by atoms with van der Waals surface area (Å²) < 4.78 is 61.0. The molecule has 0 atom stereocenters. The molecule has 0 saturated heterocycles. The van der Waals surface area contributed by atoms with Crippen LogP contribution in [0.2, 0.25) is 0 Å². The molecule has 140 valence electrons. The van der Waals surface area contributed by atoms with Gasteiger partial charge in [0, 0.05) is 0 Å². The maximum Gasteiger partial charge on any atom is 0.235 e. The molecule has 0 aliphatic rings. The average Bonchev–Trinajstić information content (AvgIpc) is 3.35. The van der Waals surface area contributed by atoms with E-state index in [2.05, 4.69) is 0 Å². The molecule has 0 amide bonds. The normalized spacial score (nSPS) is 10.4. The summed E-state index contributed by atoms with van der Waals surface area (Å²) in [5.41, 5.74) is 0.282. The molecule has 2 heterocycles. The van der Waals surface area contributed by atoms with Crippen LogP contribution in [0.25, 0.3) is 11.4 Å². The first-order valence-corrected chi connectivity index (χ1v) is 9.62. The molecule has 0 fully saturated rings. The minimum absolute atomic E-state index is 0. The van der Waals surface area contributed by atoms with Crippen molar-refractivity contribution in [3.63, 3.8) is 0 Å². The summed E-state index contributed by atoms with van der Waals surface area (Å²) in [4.78, 5) is 0. The number of rotatable bonds is 4. The van der Waals surface area contributed by atoms with Gasteiger partial charge in [0.05, 0.1) is 0 Å². The van der Waals surface area contributed by atoms with Crippen molar-refractivity contribution in [2.24, 2.45) is 0 Å². The van der Waals surface area contributed by atoms with Gasteiger partial charge in [-0.3, -0.25) is 0 Å². The Morgan fingerprint density at radius 2 is 0.929 bits per heavy atom. The SMILES string of the molecule is Fc1ccc(-n2cccc2)c(F)[c]1[Ti+2][c]1c(F)ccc(-n2cccc2)c1F.[IH2+]. The number of nitrogens with zero attached hydrogens (tertiary/aromatic N) is 2. The smallest absolute Gasteiger partial charge is 0.235 e. The molecule has 2 nitrogen and oxygen atoms in total. The van der Waals surface area contributed by atoms with Gasteiger partial charge in [-0.1, -0.05) is 0 Å². The zero-order chi connectivity index (χ0) is 19.0. The quantitative estimate of drug-likeness (QED) is 0.204. The molecule has 0 bridgehead atoms. The van der Waals surface area contributed by atoms with Crippen LogP contribution >= 0.6 is 0 Å². The number of hydrogen-bond acceptors (Lipinski definition) is 0. The van der Waals surface area contributed by atoms with Gasteiger partial charge in [-0.15, -0.1) is 0 Å². The predicted octanol–water partition coefficient (Wildman–Crippen LogP) is 0.326. The summed E-state index contributed by atoms with van der Waals surface area (Å²) in [5.74, 6) is -3.19. The average molecular weight is 533 g/mol. The Bertz CT molecular complexity index is 1010. The third-order valence-electron chi connectivity index (χ3n) is 4.16. The Balaban J connectivity index is 0.00000225. The third kappa shape index (κ3) is 3.83. The van der Waals surface area contributed by atoms with Gasteiger partial charge in [-0.25, -0.2) is 0 Å². The van der Waals surface area contributed by atoms with Gasteiger partial charge in [-0.05, 0) is 0 Å². The van der Waals surface area contributed by atoms with Crippen LogP contribution in [0.15, 0.2) is 73.3 Å². The molecule has 8 heteroatoms. The second kappa shape index (κ2) is 8.67. The van der Waals surface area contributed by atoms with Crippen LogP contribution in [0, 0.1) is 23.3 Å². The molecule has 2 aromatic heterocycles. The van der Waals surface area contributed by atoms with Crippen LogP contribution < -0.4 is 31.7 Å². The van der Waals surface area contributed by atoms with E-state index in [4.69, 9.17) is 0 Å². The standard InChI is InChI=1S/2C10H6F2N.H2I.Ti/c2*11-8-3-4-10(9(12)7-8)13-5-1-2-6-13;;/h2*1-6H;1H2;/q;;+1;+2. The molecule has 0 aliphatic heterocycles. The maximum atomic E-state index is 14.9.